The van der Waals surface area contributed by atoms with E-state index in [1.807, 2.05) is 18.2 Å². The number of aliphatic hydroxyl groups excluding tert-OH is 1. The summed E-state index contributed by atoms with van der Waals surface area (Å²) in [6.07, 6.45) is -2.87. The van der Waals surface area contributed by atoms with Gasteiger partial charge in [0.1, 0.15) is 23.7 Å². The van der Waals surface area contributed by atoms with Gasteiger partial charge in [0.2, 0.25) is 0 Å². The fourth-order valence-electron chi connectivity index (χ4n) is 3.34. The van der Waals surface area contributed by atoms with Crippen molar-refractivity contribution in [3.63, 3.8) is 0 Å². The number of benzene rings is 2. The molecule has 148 valence electrons. The number of urea groups is 1. The lowest BCUT2D eigenvalue weighted by atomic mass is 9.98. The maximum atomic E-state index is 12.4. The van der Waals surface area contributed by atoms with Gasteiger partial charge in [-0.15, -0.1) is 0 Å². The second-order valence-electron chi connectivity index (χ2n) is 6.62. The molecule has 2 amide bonds. The number of methoxy groups -OCH3 is 1. The van der Waals surface area contributed by atoms with Gasteiger partial charge in [0, 0.05) is 5.69 Å². The summed E-state index contributed by atoms with van der Waals surface area (Å²) in [7, 11) is 1.57. The number of hydrogen-bond donors (Lipinski definition) is 3. The number of carbonyl (C=O) groups is 1. The van der Waals surface area contributed by atoms with Crippen molar-refractivity contribution in [1.82, 2.24) is 5.32 Å². The highest BCUT2D eigenvalue weighted by molar-refractivity contribution is 5.89. The molecular formula is C20H22N2O6. The number of hydrogen-bond acceptors (Lipinski definition) is 6. The van der Waals surface area contributed by atoms with Crippen LogP contribution in [0.2, 0.25) is 0 Å². The van der Waals surface area contributed by atoms with Crippen molar-refractivity contribution in [2.75, 3.05) is 19.0 Å². The van der Waals surface area contributed by atoms with E-state index in [2.05, 4.69) is 10.6 Å². The van der Waals surface area contributed by atoms with E-state index in [4.69, 9.17) is 18.9 Å². The van der Waals surface area contributed by atoms with Crippen molar-refractivity contribution in [3.8, 4) is 11.5 Å². The average molecular weight is 386 g/mol. The molecule has 8 heteroatoms. The highest BCUT2D eigenvalue weighted by atomic mass is 16.7. The Hall–Kier alpha value is -2.81. The second-order valence-corrected chi connectivity index (χ2v) is 6.62. The Bertz CT molecular complexity index is 800. The van der Waals surface area contributed by atoms with Gasteiger partial charge in [-0.1, -0.05) is 18.2 Å². The average Bonchev–Trinajstić information content (AvgIpc) is 3.16. The molecule has 0 radical (unpaired) electrons. The van der Waals surface area contributed by atoms with Crippen LogP contribution in [0.5, 0.6) is 11.5 Å². The van der Waals surface area contributed by atoms with Gasteiger partial charge in [0.25, 0.3) is 0 Å². The number of fused-ring (bicyclic) bond motifs is 2. The minimum absolute atomic E-state index is 0.268. The lowest BCUT2D eigenvalue weighted by Crippen LogP contribution is -2.62. The van der Waals surface area contributed by atoms with E-state index in [-0.39, 0.29) is 6.61 Å². The van der Waals surface area contributed by atoms with Crippen molar-refractivity contribution in [1.29, 1.82) is 0 Å². The topological polar surface area (TPSA) is 98.3 Å². The largest absolute Gasteiger partial charge is 0.497 e. The Morgan fingerprint density at radius 3 is 2.57 bits per heavy atom. The summed E-state index contributed by atoms with van der Waals surface area (Å²) in [6, 6.07) is 14.9. The van der Waals surface area contributed by atoms with Crippen molar-refractivity contribution in [2.24, 2.45) is 0 Å². The predicted molar refractivity (Wildman–Crippen MR) is 100 cm³/mol. The first-order valence-electron chi connectivity index (χ1n) is 9.02. The van der Waals surface area contributed by atoms with Crippen LogP contribution in [0.25, 0.3) is 0 Å². The molecule has 0 unspecified atom stereocenters. The molecule has 0 spiro atoms. The molecule has 2 fully saturated rings. The van der Waals surface area contributed by atoms with Crippen molar-refractivity contribution in [2.45, 2.75) is 30.6 Å². The minimum atomic E-state index is -0.993. The summed E-state index contributed by atoms with van der Waals surface area (Å²) >= 11 is 0. The van der Waals surface area contributed by atoms with Crippen LogP contribution in [-0.4, -0.2) is 55.5 Å². The predicted octanol–water partition coefficient (Wildman–Crippen LogP) is 1.75. The molecule has 2 aliphatic heterocycles. The SMILES string of the molecule is COc1ccc(NC(=O)N[C@@H]2[C@H](O)[C@@H](Oc3ccccc3)[C@@H]3OC[C@@H]2O3)cc1. The minimum Gasteiger partial charge on any atom is -0.497 e. The normalized spacial score (nSPS) is 28.4. The van der Waals surface area contributed by atoms with Gasteiger partial charge in [-0.25, -0.2) is 4.79 Å². The molecule has 2 aliphatic rings. The summed E-state index contributed by atoms with van der Waals surface area (Å²) in [4.78, 5) is 12.4. The fourth-order valence-corrected chi connectivity index (χ4v) is 3.34. The van der Waals surface area contributed by atoms with E-state index >= 15 is 0 Å². The first kappa shape index (κ1) is 18.5. The third kappa shape index (κ3) is 3.89. The Morgan fingerprint density at radius 2 is 1.86 bits per heavy atom. The summed E-state index contributed by atoms with van der Waals surface area (Å²) in [6.45, 7) is 0.268. The highest BCUT2D eigenvalue weighted by Crippen LogP contribution is 2.31. The van der Waals surface area contributed by atoms with Crippen LogP contribution >= 0.6 is 0 Å². The monoisotopic (exact) mass is 386 g/mol. The fraction of sp³-hybridized carbons (Fsp3) is 0.350. The zero-order valence-electron chi connectivity index (χ0n) is 15.3. The van der Waals surface area contributed by atoms with Crippen LogP contribution in [0.15, 0.2) is 54.6 Å². The summed E-state index contributed by atoms with van der Waals surface area (Å²) < 4.78 is 22.3. The van der Waals surface area contributed by atoms with Gasteiger partial charge in [0.15, 0.2) is 12.4 Å². The maximum absolute atomic E-state index is 12.4. The number of ether oxygens (including phenoxy) is 4. The molecule has 0 aromatic heterocycles. The molecule has 8 nitrogen and oxygen atoms in total. The number of amides is 2. The number of rotatable bonds is 5. The lowest BCUT2D eigenvalue weighted by molar-refractivity contribution is -0.192. The molecule has 5 atom stereocenters. The van der Waals surface area contributed by atoms with E-state index in [1.54, 1.807) is 43.5 Å². The van der Waals surface area contributed by atoms with E-state index in [0.717, 1.165) is 0 Å². The smallest absolute Gasteiger partial charge is 0.319 e. The number of anilines is 1. The second kappa shape index (κ2) is 8.05. The van der Waals surface area contributed by atoms with Crippen LogP contribution in [0.4, 0.5) is 10.5 Å². The Morgan fingerprint density at radius 1 is 1.11 bits per heavy atom. The van der Waals surface area contributed by atoms with Crippen LogP contribution in [0.3, 0.4) is 0 Å². The molecule has 0 aliphatic carbocycles. The van der Waals surface area contributed by atoms with Crippen LogP contribution < -0.4 is 20.1 Å². The maximum Gasteiger partial charge on any atom is 0.319 e. The number of carbonyl (C=O) groups excluding carboxylic acids is 1. The molecule has 0 saturated carbocycles. The van der Waals surface area contributed by atoms with Crippen LogP contribution in [0.1, 0.15) is 0 Å². The van der Waals surface area contributed by atoms with E-state index < -0.39 is 36.7 Å². The molecule has 2 heterocycles. The number of para-hydroxylation sites is 1. The molecular weight excluding hydrogens is 364 g/mol. The zero-order chi connectivity index (χ0) is 19.5. The quantitative estimate of drug-likeness (QED) is 0.724. The Balaban J connectivity index is 1.42. The van der Waals surface area contributed by atoms with Gasteiger partial charge in [-0.3, -0.25) is 0 Å². The molecule has 4 rings (SSSR count). The molecule has 28 heavy (non-hydrogen) atoms. The van der Waals surface area contributed by atoms with Crippen molar-refractivity contribution < 1.29 is 28.8 Å². The lowest BCUT2D eigenvalue weighted by Gasteiger charge is -2.38. The van der Waals surface area contributed by atoms with E-state index in [1.165, 1.54) is 0 Å². The number of nitrogens with one attached hydrogen (secondary N) is 2. The molecule has 2 aromatic rings. The molecule has 2 bridgehead atoms. The zero-order valence-corrected chi connectivity index (χ0v) is 15.3. The third-order valence-corrected chi connectivity index (χ3v) is 4.77. The molecule has 2 aromatic carbocycles. The van der Waals surface area contributed by atoms with Gasteiger partial charge < -0.3 is 34.7 Å². The van der Waals surface area contributed by atoms with Crippen LogP contribution in [-0.2, 0) is 9.47 Å². The van der Waals surface area contributed by atoms with Gasteiger partial charge in [0.05, 0.1) is 19.8 Å². The highest BCUT2D eigenvalue weighted by Gasteiger charge is 2.52. The summed E-state index contributed by atoms with van der Waals surface area (Å²) in [5, 5.41) is 16.3. The van der Waals surface area contributed by atoms with Crippen molar-refractivity contribution in [3.05, 3.63) is 54.6 Å². The number of aliphatic hydroxyl groups is 1. The van der Waals surface area contributed by atoms with Crippen LogP contribution in [0, 0.1) is 0 Å². The van der Waals surface area contributed by atoms with Crippen molar-refractivity contribution >= 4 is 11.7 Å². The molecule has 3 N–H and O–H groups in total. The van der Waals surface area contributed by atoms with Gasteiger partial charge in [-0.2, -0.15) is 0 Å². The Kier molecular flexibility index (Phi) is 5.34. The molecule has 2 saturated heterocycles. The van der Waals surface area contributed by atoms with Gasteiger partial charge in [-0.05, 0) is 36.4 Å². The Labute approximate surface area is 162 Å². The standard InChI is InChI=1S/C20H22N2O6/c1-25-13-9-7-12(8-10-13)21-20(24)22-16-15-11-26-19(28-15)18(17(16)23)27-14-5-3-2-4-6-14/h2-10,15-19,23H,11H2,1H3,(H2,21,22,24)/t15-,16-,17-,18+,19+/m0/s1. The third-order valence-electron chi connectivity index (χ3n) is 4.77. The summed E-state index contributed by atoms with van der Waals surface area (Å²) in [5.41, 5.74) is 0.599. The first-order valence-corrected chi connectivity index (χ1v) is 9.02. The van der Waals surface area contributed by atoms with E-state index in [0.29, 0.717) is 17.2 Å². The van der Waals surface area contributed by atoms with Gasteiger partial charge >= 0.3 is 6.03 Å². The summed E-state index contributed by atoms with van der Waals surface area (Å²) in [5.74, 6) is 1.28. The van der Waals surface area contributed by atoms with E-state index in [9.17, 15) is 9.90 Å². The first-order chi connectivity index (χ1) is 13.6.